The summed E-state index contributed by atoms with van der Waals surface area (Å²) >= 11 is 0. The number of nitrogens with one attached hydrogen (secondary N) is 1. The normalized spacial score (nSPS) is 14.8. The third-order valence-corrected chi connectivity index (χ3v) is 5.08. The zero-order valence-corrected chi connectivity index (χ0v) is 20.4. The number of phosphoric acid groups is 1. The molecule has 0 rings (SSSR count). The van der Waals surface area contributed by atoms with Crippen molar-refractivity contribution < 1.29 is 33.6 Å². The molecule has 1 amide bonds. The van der Waals surface area contributed by atoms with Gasteiger partial charge in [0.25, 0.3) is 0 Å². The van der Waals surface area contributed by atoms with Crippen molar-refractivity contribution in [1.29, 1.82) is 0 Å². The number of carboxylic acids is 1. The van der Waals surface area contributed by atoms with E-state index in [0.29, 0.717) is 0 Å². The molecule has 0 fully saturated rings. The molecule has 0 aromatic heterocycles. The fourth-order valence-corrected chi connectivity index (χ4v) is 3.34. The van der Waals surface area contributed by atoms with Crippen LogP contribution in [0.15, 0.2) is 60.8 Å². The summed E-state index contributed by atoms with van der Waals surface area (Å²) in [7, 11) is -4.88. The molecule has 0 bridgehead atoms. The van der Waals surface area contributed by atoms with Crippen LogP contribution < -0.4 is 5.32 Å². The van der Waals surface area contributed by atoms with Crippen LogP contribution in [0.2, 0.25) is 0 Å². The van der Waals surface area contributed by atoms with E-state index in [2.05, 4.69) is 22.8 Å². The van der Waals surface area contributed by atoms with Crippen molar-refractivity contribution in [3.05, 3.63) is 60.8 Å². The molecule has 0 aliphatic rings. The highest BCUT2D eigenvalue weighted by molar-refractivity contribution is 7.46. The van der Waals surface area contributed by atoms with Gasteiger partial charge in [0.05, 0.1) is 6.10 Å². The molecule has 186 valence electrons. The van der Waals surface area contributed by atoms with Crippen LogP contribution in [-0.4, -0.2) is 38.9 Å². The van der Waals surface area contributed by atoms with Crippen molar-refractivity contribution in [2.45, 2.75) is 77.4 Å². The van der Waals surface area contributed by atoms with E-state index in [1.54, 1.807) is 18.2 Å². The van der Waals surface area contributed by atoms with E-state index in [1.165, 1.54) is 51.0 Å². The van der Waals surface area contributed by atoms with E-state index in [-0.39, 0.29) is 0 Å². The second-order valence-electron chi connectivity index (χ2n) is 7.48. The zero-order valence-electron chi connectivity index (χ0n) is 19.5. The Bertz CT molecular complexity index is 750. The van der Waals surface area contributed by atoms with Crippen LogP contribution in [0.4, 0.5) is 0 Å². The molecule has 33 heavy (non-hydrogen) atoms. The molecule has 0 aromatic carbocycles. The quantitative estimate of drug-likeness (QED) is 0.0935. The number of hydrogen-bond donors (Lipinski definition) is 4. The summed E-state index contributed by atoms with van der Waals surface area (Å²) in [5.41, 5.74) is 0. The summed E-state index contributed by atoms with van der Waals surface area (Å²) in [6, 6.07) is -1.61. The SMILES string of the molecule is CCCCCCCCC/C=C/C=C/C=C/C=C/C=C/C(=O)N[C@H](C(=O)O)C(C)OP(=O)(O)O. The third-order valence-electron chi connectivity index (χ3n) is 4.47. The minimum Gasteiger partial charge on any atom is -0.480 e. The predicted molar refractivity (Wildman–Crippen MR) is 130 cm³/mol. The number of carboxylic acid groups (broad SMARTS) is 1. The lowest BCUT2D eigenvalue weighted by Crippen LogP contribution is -2.47. The zero-order chi connectivity index (χ0) is 25.0. The highest BCUT2D eigenvalue weighted by Crippen LogP contribution is 2.38. The molecule has 9 heteroatoms. The van der Waals surface area contributed by atoms with E-state index < -0.39 is 31.8 Å². The van der Waals surface area contributed by atoms with Gasteiger partial charge in [-0.25, -0.2) is 9.36 Å². The minimum absolute atomic E-state index is 0.733. The maximum Gasteiger partial charge on any atom is 0.469 e. The molecule has 0 radical (unpaired) electrons. The fraction of sp³-hybridized carbons (Fsp3) is 0.500. The molecule has 0 saturated carbocycles. The fourth-order valence-electron chi connectivity index (χ4n) is 2.78. The van der Waals surface area contributed by atoms with Gasteiger partial charge in [0.2, 0.25) is 5.91 Å². The first kappa shape index (κ1) is 30.8. The molecular formula is C24H38NO7P. The molecule has 2 atom stereocenters. The monoisotopic (exact) mass is 483 g/mol. The smallest absolute Gasteiger partial charge is 0.469 e. The first-order chi connectivity index (χ1) is 15.7. The second-order valence-corrected chi connectivity index (χ2v) is 8.67. The van der Waals surface area contributed by atoms with Crippen LogP contribution in [0, 0.1) is 0 Å². The average Bonchev–Trinajstić information content (AvgIpc) is 2.72. The molecule has 0 aromatic rings. The Labute approximate surface area is 197 Å². The molecule has 0 spiro atoms. The number of hydrogen-bond acceptors (Lipinski definition) is 4. The molecule has 0 heterocycles. The first-order valence-electron chi connectivity index (χ1n) is 11.3. The Kier molecular flexibility index (Phi) is 17.9. The Hall–Kier alpha value is -2.25. The molecular weight excluding hydrogens is 445 g/mol. The van der Waals surface area contributed by atoms with Crippen LogP contribution in [-0.2, 0) is 18.7 Å². The summed E-state index contributed by atoms with van der Waals surface area (Å²) in [4.78, 5) is 40.5. The van der Waals surface area contributed by atoms with Gasteiger partial charge in [0, 0.05) is 6.08 Å². The maximum absolute atomic E-state index is 11.8. The highest BCUT2D eigenvalue weighted by atomic mass is 31.2. The Morgan fingerprint density at radius 2 is 1.39 bits per heavy atom. The van der Waals surface area contributed by atoms with Crippen LogP contribution in [0.3, 0.4) is 0 Å². The van der Waals surface area contributed by atoms with E-state index in [9.17, 15) is 14.2 Å². The Morgan fingerprint density at radius 1 is 0.879 bits per heavy atom. The lowest BCUT2D eigenvalue weighted by Gasteiger charge is -2.21. The van der Waals surface area contributed by atoms with Crippen molar-refractivity contribution in [2.24, 2.45) is 0 Å². The van der Waals surface area contributed by atoms with Crippen LogP contribution >= 0.6 is 7.82 Å². The van der Waals surface area contributed by atoms with Gasteiger partial charge in [-0.3, -0.25) is 9.32 Å². The number of aliphatic carboxylic acids is 1. The van der Waals surface area contributed by atoms with Crippen LogP contribution in [0.25, 0.3) is 0 Å². The number of unbranched alkanes of at least 4 members (excludes halogenated alkanes) is 7. The van der Waals surface area contributed by atoms with Gasteiger partial charge in [-0.05, 0) is 19.8 Å². The number of amides is 1. The number of phosphoric ester groups is 1. The van der Waals surface area contributed by atoms with Crippen molar-refractivity contribution in [3.63, 3.8) is 0 Å². The third kappa shape index (κ3) is 20.1. The Morgan fingerprint density at radius 3 is 1.94 bits per heavy atom. The summed E-state index contributed by atoms with van der Waals surface area (Å²) in [6.45, 7) is 3.37. The average molecular weight is 484 g/mol. The largest absolute Gasteiger partial charge is 0.480 e. The van der Waals surface area contributed by atoms with Gasteiger partial charge in [-0.2, -0.15) is 0 Å². The summed E-state index contributed by atoms with van der Waals surface area (Å²) in [5, 5.41) is 11.2. The lowest BCUT2D eigenvalue weighted by atomic mass is 10.1. The minimum atomic E-state index is -4.88. The van der Waals surface area contributed by atoms with Gasteiger partial charge >= 0.3 is 13.8 Å². The summed E-state index contributed by atoms with van der Waals surface area (Å²) in [6.07, 6.45) is 26.2. The molecule has 0 aliphatic heterocycles. The molecule has 0 saturated heterocycles. The topological polar surface area (TPSA) is 133 Å². The van der Waals surface area contributed by atoms with Gasteiger partial charge in [0.1, 0.15) is 0 Å². The highest BCUT2D eigenvalue weighted by Gasteiger charge is 2.31. The van der Waals surface area contributed by atoms with E-state index in [0.717, 1.165) is 19.4 Å². The van der Waals surface area contributed by atoms with Gasteiger partial charge in [0.15, 0.2) is 6.04 Å². The van der Waals surface area contributed by atoms with E-state index >= 15 is 0 Å². The van der Waals surface area contributed by atoms with E-state index in [4.69, 9.17) is 14.9 Å². The van der Waals surface area contributed by atoms with Gasteiger partial charge in [-0.15, -0.1) is 0 Å². The number of rotatable bonds is 18. The summed E-state index contributed by atoms with van der Waals surface area (Å²) < 4.78 is 15.1. The maximum atomic E-state index is 11.8. The van der Waals surface area contributed by atoms with Crippen molar-refractivity contribution in [3.8, 4) is 0 Å². The van der Waals surface area contributed by atoms with E-state index in [1.807, 2.05) is 24.3 Å². The predicted octanol–water partition coefficient (Wildman–Crippen LogP) is 4.98. The Balaban J connectivity index is 4.16. The second kappa shape index (κ2) is 19.2. The first-order valence-corrected chi connectivity index (χ1v) is 12.8. The van der Waals surface area contributed by atoms with Crippen LogP contribution in [0.1, 0.15) is 65.2 Å². The molecule has 8 nitrogen and oxygen atoms in total. The number of carbonyl (C=O) groups excluding carboxylic acids is 1. The van der Waals surface area contributed by atoms with Gasteiger partial charge in [-0.1, -0.05) is 100 Å². The van der Waals surface area contributed by atoms with Gasteiger partial charge < -0.3 is 20.2 Å². The van der Waals surface area contributed by atoms with Crippen molar-refractivity contribution >= 4 is 19.7 Å². The molecule has 0 aliphatic carbocycles. The molecule has 1 unspecified atom stereocenters. The standard InChI is InChI=1S/C24H38NO7P/c1-3-4-5-6-7-8-9-10-11-12-13-14-15-16-17-18-19-20-22(26)25-23(24(27)28)21(2)32-33(29,30)31/h11-21,23H,3-10H2,1-2H3,(H,25,26)(H,27,28)(H2,29,30,31)/b12-11+,14-13+,16-15+,18-17+,20-19+/t21?,23-/m0/s1. The summed E-state index contributed by atoms with van der Waals surface area (Å²) in [5.74, 6) is -2.21. The molecule has 4 N–H and O–H groups in total. The van der Waals surface area contributed by atoms with Crippen molar-refractivity contribution in [2.75, 3.05) is 0 Å². The lowest BCUT2D eigenvalue weighted by molar-refractivity contribution is -0.143. The van der Waals surface area contributed by atoms with Crippen LogP contribution in [0.5, 0.6) is 0 Å². The van der Waals surface area contributed by atoms with Crippen molar-refractivity contribution in [1.82, 2.24) is 5.32 Å². The number of carbonyl (C=O) groups is 2. The number of allylic oxidation sites excluding steroid dienone is 9.